The number of nitrogens with zero attached hydrogens (tertiary/aromatic N) is 2. The zero-order valence-electron chi connectivity index (χ0n) is 14.8. The Morgan fingerprint density at radius 1 is 1.20 bits per heavy atom. The number of amides is 1. The largest absolute Gasteiger partial charge is 0.459 e. The molecule has 2 aromatic heterocycles. The van der Waals surface area contributed by atoms with Gasteiger partial charge in [-0.2, -0.15) is 0 Å². The zero-order valence-corrected chi connectivity index (χ0v) is 15.6. The highest BCUT2D eigenvalue weighted by Gasteiger charge is 2.18. The highest BCUT2D eigenvalue weighted by Crippen LogP contribution is 2.29. The van der Waals surface area contributed by atoms with Gasteiger partial charge in [0.25, 0.3) is 0 Å². The van der Waals surface area contributed by atoms with Gasteiger partial charge in [0.1, 0.15) is 11.3 Å². The summed E-state index contributed by atoms with van der Waals surface area (Å²) in [5, 5.41) is 4.69. The topological polar surface area (TPSA) is 68.0 Å². The molecule has 1 amide bonds. The number of rotatable bonds is 5. The molecule has 0 fully saturated rings. The SMILES string of the molecule is Cc1cc(C)nc(SCC(=O)NC(C)c2oc3ccccc3c2C)n1. The number of furan rings is 1. The molecule has 0 aliphatic heterocycles. The van der Waals surface area contributed by atoms with Crippen molar-refractivity contribution in [1.29, 1.82) is 0 Å². The first kappa shape index (κ1) is 17.5. The van der Waals surface area contributed by atoms with Crippen molar-refractivity contribution >= 4 is 28.6 Å². The van der Waals surface area contributed by atoms with Gasteiger partial charge in [-0.25, -0.2) is 9.97 Å². The van der Waals surface area contributed by atoms with Gasteiger partial charge in [-0.1, -0.05) is 30.0 Å². The summed E-state index contributed by atoms with van der Waals surface area (Å²) in [6.07, 6.45) is 0. The van der Waals surface area contributed by atoms with Crippen LogP contribution in [0.3, 0.4) is 0 Å². The fraction of sp³-hybridized carbons (Fsp3) is 0.316. The number of benzene rings is 1. The minimum Gasteiger partial charge on any atom is -0.459 e. The minimum absolute atomic E-state index is 0.0693. The molecule has 3 aromatic rings. The van der Waals surface area contributed by atoms with E-state index in [1.54, 1.807) is 0 Å². The Kier molecular flexibility index (Phi) is 5.08. The first-order chi connectivity index (χ1) is 11.9. The number of para-hydroxylation sites is 1. The Labute approximate surface area is 151 Å². The standard InChI is InChI=1S/C19H21N3O2S/c1-11-9-12(2)21-19(20-11)25-10-17(23)22-14(4)18-13(3)15-7-5-6-8-16(15)24-18/h5-9,14H,10H2,1-4H3,(H,22,23). The van der Waals surface area contributed by atoms with Crippen LogP contribution in [0.25, 0.3) is 11.0 Å². The normalized spacial score (nSPS) is 12.3. The molecule has 0 saturated carbocycles. The monoisotopic (exact) mass is 355 g/mol. The van der Waals surface area contributed by atoms with E-state index in [2.05, 4.69) is 15.3 Å². The number of aryl methyl sites for hydroxylation is 3. The summed E-state index contributed by atoms with van der Waals surface area (Å²) < 4.78 is 5.91. The smallest absolute Gasteiger partial charge is 0.231 e. The van der Waals surface area contributed by atoms with Gasteiger partial charge < -0.3 is 9.73 Å². The second-order valence-electron chi connectivity index (χ2n) is 6.10. The van der Waals surface area contributed by atoms with E-state index >= 15 is 0 Å². The quantitative estimate of drug-likeness (QED) is 0.551. The molecule has 3 rings (SSSR count). The average molecular weight is 355 g/mol. The lowest BCUT2D eigenvalue weighted by atomic mass is 10.1. The summed E-state index contributed by atoms with van der Waals surface area (Å²) in [5.74, 6) is 0.995. The Morgan fingerprint density at radius 3 is 2.56 bits per heavy atom. The molecule has 0 aliphatic carbocycles. The summed E-state index contributed by atoms with van der Waals surface area (Å²) in [4.78, 5) is 20.9. The van der Waals surface area contributed by atoms with Crippen molar-refractivity contribution in [2.75, 3.05) is 5.75 Å². The molecule has 0 aliphatic rings. The van der Waals surface area contributed by atoms with E-state index < -0.39 is 0 Å². The number of thioether (sulfide) groups is 1. The molecular formula is C19H21N3O2S. The van der Waals surface area contributed by atoms with E-state index in [-0.39, 0.29) is 17.7 Å². The van der Waals surface area contributed by atoms with E-state index in [0.717, 1.165) is 33.7 Å². The summed E-state index contributed by atoms with van der Waals surface area (Å²) >= 11 is 1.34. The summed E-state index contributed by atoms with van der Waals surface area (Å²) in [7, 11) is 0. The summed E-state index contributed by atoms with van der Waals surface area (Å²) in [6, 6.07) is 9.61. The average Bonchev–Trinajstić information content (AvgIpc) is 2.90. The number of hydrogen-bond donors (Lipinski definition) is 1. The molecule has 0 spiro atoms. The van der Waals surface area contributed by atoms with Crippen LogP contribution in [0.5, 0.6) is 0 Å². The van der Waals surface area contributed by atoms with Crippen LogP contribution in [-0.4, -0.2) is 21.6 Å². The van der Waals surface area contributed by atoms with E-state index in [0.29, 0.717) is 5.16 Å². The Bertz CT molecular complexity index is 900. The molecular weight excluding hydrogens is 334 g/mol. The third-order valence-electron chi connectivity index (χ3n) is 3.95. The molecule has 1 atom stereocenters. The van der Waals surface area contributed by atoms with Crippen LogP contribution in [0.2, 0.25) is 0 Å². The van der Waals surface area contributed by atoms with E-state index in [9.17, 15) is 4.79 Å². The molecule has 6 heteroatoms. The van der Waals surface area contributed by atoms with Gasteiger partial charge in [0.05, 0.1) is 11.8 Å². The minimum atomic E-state index is -0.194. The van der Waals surface area contributed by atoms with Gasteiger partial charge in [-0.15, -0.1) is 0 Å². The first-order valence-electron chi connectivity index (χ1n) is 8.16. The van der Waals surface area contributed by atoms with Crippen LogP contribution >= 0.6 is 11.8 Å². The van der Waals surface area contributed by atoms with Crippen LogP contribution in [0.4, 0.5) is 0 Å². The maximum atomic E-state index is 12.3. The molecule has 0 saturated heterocycles. The third-order valence-corrected chi connectivity index (χ3v) is 4.79. The Hall–Kier alpha value is -2.34. The number of fused-ring (bicyclic) bond motifs is 1. The van der Waals surface area contributed by atoms with Gasteiger partial charge in [0.2, 0.25) is 5.91 Å². The van der Waals surface area contributed by atoms with Crippen LogP contribution in [-0.2, 0) is 4.79 Å². The van der Waals surface area contributed by atoms with Crippen LogP contribution in [0.15, 0.2) is 39.9 Å². The number of aromatic nitrogens is 2. The molecule has 130 valence electrons. The zero-order chi connectivity index (χ0) is 18.0. The fourth-order valence-corrected chi connectivity index (χ4v) is 3.60. The van der Waals surface area contributed by atoms with E-state index in [4.69, 9.17) is 4.42 Å². The lowest BCUT2D eigenvalue weighted by molar-refractivity contribution is -0.119. The maximum Gasteiger partial charge on any atom is 0.231 e. The second-order valence-corrected chi connectivity index (χ2v) is 7.04. The van der Waals surface area contributed by atoms with Gasteiger partial charge >= 0.3 is 0 Å². The lowest BCUT2D eigenvalue weighted by Crippen LogP contribution is -2.28. The molecule has 1 aromatic carbocycles. The number of nitrogens with one attached hydrogen (secondary N) is 1. The lowest BCUT2D eigenvalue weighted by Gasteiger charge is -2.12. The van der Waals surface area contributed by atoms with Crippen LogP contribution in [0.1, 0.15) is 35.7 Å². The highest BCUT2D eigenvalue weighted by molar-refractivity contribution is 7.99. The molecule has 0 bridgehead atoms. The second kappa shape index (κ2) is 7.27. The molecule has 2 heterocycles. The van der Waals surface area contributed by atoms with Crippen molar-refractivity contribution in [3.8, 4) is 0 Å². The first-order valence-corrected chi connectivity index (χ1v) is 9.15. The van der Waals surface area contributed by atoms with Crippen molar-refractivity contribution in [2.24, 2.45) is 0 Å². The summed E-state index contributed by atoms with van der Waals surface area (Å²) in [6.45, 7) is 7.79. The predicted molar refractivity (Wildman–Crippen MR) is 99.7 cm³/mol. The van der Waals surface area contributed by atoms with Crippen LogP contribution in [0, 0.1) is 20.8 Å². The molecule has 1 N–H and O–H groups in total. The van der Waals surface area contributed by atoms with Gasteiger partial charge in [0, 0.05) is 22.3 Å². The van der Waals surface area contributed by atoms with Crippen molar-refractivity contribution in [3.63, 3.8) is 0 Å². The fourth-order valence-electron chi connectivity index (χ4n) is 2.84. The van der Waals surface area contributed by atoms with E-state index in [1.165, 1.54) is 11.8 Å². The molecule has 1 unspecified atom stereocenters. The third kappa shape index (κ3) is 4.02. The Balaban J connectivity index is 1.64. The molecule has 5 nitrogen and oxygen atoms in total. The van der Waals surface area contributed by atoms with Crippen molar-refractivity contribution < 1.29 is 9.21 Å². The molecule has 25 heavy (non-hydrogen) atoms. The van der Waals surface area contributed by atoms with Gasteiger partial charge in [-0.05, 0) is 39.8 Å². The predicted octanol–water partition coefficient (Wildman–Crippen LogP) is 4.12. The van der Waals surface area contributed by atoms with Gasteiger partial charge in [0.15, 0.2) is 5.16 Å². The number of carbonyl (C=O) groups excluding carboxylic acids is 1. The number of carbonyl (C=O) groups is 1. The maximum absolute atomic E-state index is 12.3. The van der Waals surface area contributed by atoms with Crippen molar-refractivity contribution in [1.82, 2.24) is 15.3 Å². The van der Waals surface area contributed by atoms with Crippen molar-refractivity contribution in [3.05, 3.63) is 53.0 Å². The van der Waals surface area contributed by atoms with E-state index in [1.807, 2.05) is 58.0 Å². The van der Waals surface area contributed by atoms with Gasteiger partial charge in [-0.3, -0.25) is 4.79 Å². The Morgan fingerprint density at radius 2 is 1.88 bits per heavy atom. The van der Waals surface area contributed by atoms with Crippen molar-refractivity contribution in [2.45, 2.75) is 38.9 Å². The molecule has 0 radical (unpaired) electrons. The van der Waals surface area contributed by atoms with Crippen LogP contribution < -0.4 is 5.32 Å². The summed E-state index contributed by atoms with van der Waals surface area (Å²) in [5.41, 5.74) is 3.71. The number of hydrogen-bond acceptors (Lipinski definition) is 5. The highest BCUT2D eigenvalue weighted by atomic mass is 32.2.